The second kappa shape index (κ2) is 17.4. The number of anilines is 1. The number of phenolic OH excluding ortho intramolecular Hbond substituents is 1. The second-order valence-corrected chi connectivity index (χ2v) is 14.3. The van der Waals surface area contributed by atoms with Gasteiger partial charge in [-0.05, 0) is 69.2 Å². The van der Waals surface area contributed by atoms with Gasteiger partial charge in [-0.15, -0.1) is 0 Å². The molecule has 2 atom stereocenters. The van der Waals surface area contributed by atoms with Crippen LogP contribution in [0.2, 0.25) is 0 Å². The van der Waals surface area contributed by atoms with Crippen LogP contribution in [0, 0.1) is 5.82 Å². The number of hydrogen-bond donors (Lipinski definition) is 4. The highest BCUT2D eigenvalue weighted by atomic mass is 19.4. The molecule has 3 saturated heterocycles. The van der Waals surface area contributed by atoms with E-state index in [-0.39, 0.29) is 35.1 Å². The second-order valence-electron chi connectivity index (χ2n) is 14.3. The van der Waals surface area contributed by atoms with Crippen LogP contribution in [0.15, 0.2) is 42.6 Å². The number of carboxylic acid groups (broad SMARTS) is 2. The van der Waals surface area contributed by atoms with Crippen molar-refractivity contribution in [2.75, 3.05) is 58.9 Å². The molecule has 3 aliphatic heterocycles. The summed E-state index contributed by atoms with van der Waals surface area (Å²) in [6.07, 6.45) is -5.57. The van der Waals surface area contributed by atoms with E-state index < -0.39 is 41.8 Å². The molecule has 2 aromatic carbocycles. The van der Waals surface area contributed by atoms with Crippen molar-refractivity contribution in [3.63, 3.8) is 0 Å². The van der Waals surface area contributed by atoms with E-state index in [2.05, 4.69) is 39.2 Å². The van der Waals surface area contributed by atoms with Crippen molar-refractivity contribution in [2.45, 2.75) is 61.7 Å². The largest absolute Gasteiger partial charge is 0.508 e. The standard InChI is InChI=1S/C33H38F2N6O3.2C2HF3O2/c1-40(2)32(9-12-43-13-10-32)19-37-30-26-17-36-28(25-15-23(42)14-21-6-3-4-7-24(21)25)27(35)29(26)38-31(39-30)44-20-33-8-5-11-41(33)18-22(34)16-33;2*3-2(4,5)1(6)7/h3-4,6-7,14-15,17,22,42H,5,8-13,16,18-20H2,1-2H3,(H,37,38,39);2*(H,6,7)/t22-,33+;;/m1../s1. The quantitative estimate of drug-likeness (QED) is 0.143. The third kappa shape index (κ3) is 9.92. The minimum Gasteiger partial charge on any atom is -0.508 e. The van der Waals surface area contributed by atoms with Gasteiger partial charge in [-0.25, -0.2) is 18.4 Å². The summed E-state index contributed by atoms with van der Waals surface area (Å²) >= 11 is 0. The molecular weight excluding hydrogens is 792 g/mol. The lowest BCUT2D eigenvalue weighted by Crippen LogP contribution is -2.53. The fourth-order valence-corrected chi connectivity index (χ4v) is 7.34. The number of nitrogens with one attached hydrogen (secondary N) is 1. The fraction of sp³-hybridized carbons (Fsp3) is 0.486. The van der Waals surface area contributed by atoms with Crippen LogP contribution in [0.1, 0.15) is 32.1 Å². The Bertz CT molecular complexity index is 2090. The number of pyridine rings is 1. The molecular formula is C37H40F8N6O7. The molecule has 3 aliphatic rings. The summed E-state index contributed by atoms with van der Waals surface area (Å²) in [6.45, 7) is 3.35. The molecule has 0 spiro atoms. The Hall–Kier alpha value is -5.15. The summed E-state index contributed by atoms with van der Waals surface area (Å²) in [7, 11) is 4.11. The van der Waals surface area contributed by atoms with Crippen LogP contribution >= 0.6 is 0 Å². The number of benzene rings is 2. The molecule has 7 rings (SSSR count). The molecule has 0 aliphatic carbocycles. The Balaban J connectivity index is 0.000000393. The molecule has 0 radical (unpaired) electrons. The van der Waals surface area contributed by atoms with Crippen molar-refractivity contribution >= 4 is 39.4 Å². The molecule has 2 aromatic heterocycles. The minimum absolute atomic E-state index is 0.0163. The molecule has 0 unspecified atom stereocenters. The van der Waals surface area contributed by atoms with E-state index in [1.165, 1.54) is 6.07 Å². The van der Waals surface area contributed by atoms with Gasteiger partial charge in [-0.2, -0.15) is 36.3 Å². The monoisotopic (exact) mass is 832 g/mol. The number of carboxylic acids is 2. The van der Waals surface area contributed by atoms with Crippen LogP contribution in [0.4, 0.5) is 40.9 Å². The van der Waals surface area contributed by atoms with Crippen molar-refractivity contribution in [3.8, 4) is 23.0 Å². The topological polar surface area (TPSA) is 170 Å². The summed E-state index contributed by atoms with van der Waals surface area (Å²) < 4.78 is 106. The Kier molecular flexibility index (Phi) is 13.2. The molecule has 0 bridgehead atoms. The number of hydrogen-bond acceptors (Lipinski definition) is 11. The third-order valence-electron chi connectivity index (χ3n) is 10.4. The lowest BCUT2D eigenvalue weighted by atomic mass is 9.88. The molecule has 316 valence electrons. The van der Waals surface area contributed by atoms with E-state index in [1.807, 2.05) is 24.3 Å². The van der Waals surface area contributed by atoms with Crippen molar-refractivity contribution in [3.05, 3.63) is 48.4 Å². The molecule has 21 heteroatoms. The van der Waals surface area contributed by atoms with Crippen molar-refractivity contribution in [2.24, 2.45) is 0 Å². The number of alkyl halides is 7. The first kappa shape index (κ1) is 44.0. The highest BCUT2D eigenvalue weighted by Gasteiger charge is 2.49. The van der Waals surface area contributed by atoms with Crippen molar-refractivity contribution < 1.29 is 69.5 Å². The number of nitrogens with zero attached hydrogens (tertiary/aromatic N) is 5. The third-order valence-corrected chi connectivity index (χ3v) is 10.4. The van der Waals surface area contributed by atoms with Gasteiger partial charge in [0.15, 0.2) is 5.82 Å². The van der Waals surface area contributed by atoms with Crippen LogP contribution in [0.25, 0.3) is 32.9 Å². The zero-order chi connectivity index (χ0) is 42.6. The molecule has 58 heavy (non-hydrogen) atoms. The summed E-state index contributed by atoms with van der Waals surface area (Å²) in [6, 6.07) is 10.7. The van der Waals surface area contributed by atoms with E-state index >= 15 is 4.39 Å². The van der Waals surface area contributed by atoms with Gasteiger partial charge in [0.05, 0.1) is 10.9 Å². The van der Waals surface area contributed by atoms with E-state index in [9.17, 15) is 35.8 Å². The number of ether oxygens (including phenoxy) is 2. The summed E-state index contributed by atoms with van der Waals surface area (Å²) in [5.74, 6) is -5.71. The number of carbonyl (C=O) groups is 2. The maximum Gasteiger partial charge on any atom is 0.490 e. The van der Waals surface area contributed by atoms with Crippen LogP contribution in [-0.4, -0.2) is 135 Å². The van der Waals surface area contributed by atoms with Crippen LogP contribution < -0.4 is 10.1 Å². The Morgan fingerprint density at radius 2 is 1.64 bits per heavy atom. The Labute approximate surface area is 325 Å². The van der Waals surface area contributed by atoms with Gasteiger partial charge >= 0.3 is 30.3 Å². The smallest absolute Gasteiger partial charge is 0.490 e. The average Bonchev–Trinajstić information content (AvgIpc) is 3.68. The number of halogens is 8. The van der Waals surface area contributed by atoms with E-state index in [0.717, 1.165) is 43.0 Å². The minimum atomic E-state index is -5.08. The van der Waals surface area contributed by atoms with E-state index in [0.29, 0.717) is 49.5 Å². The van der Waals surface area contributed by atoms with E-state index in [1.54, 1.807) is 12.3 Å². The summed E-state index contributed by atoms with van der Waals surface area (Å²) in [5.41, 5.74) is 0.0315. The SMILES string of the molecule is CN(C)C1(CNc2nc(OC[C@@]34CCCN3C[C@H](F)C4)nc3c(F)c(-c4cc(O)cc5ccccc45)ncc23)CCOCC1.O=C(O)C(F)(F)F.O=C(O)C(F)(F)F. The molecule has 13 nitrogen and oxygen atoms in total. The van der Waals surface area contributed by atoms with Gasteiger partial charge in [0.1, 0.15) is 35.6 Å². The number of likely N-dealkylation sites (N-methyl/N-ethyl adjacent to an activating group) is 1. The number of aliphatic carboxylic acids is 2. The number of aromatic hydroxyl groups is 1. The highest BCUT2D eigenvalue weighted by Crippen LogP contribution is 2.41. The van der Waals surface area contributed by atoms with Gasteiger partial charge in [0.25, 0.3) is 0 Å². The van der Waals surface area contributed by atoms with Gasteiger partial charge < -0.3 is 35.0 Å². The first-order chi connectivity index (χ1) is 27.2. The maximum absolute atomic E-state index is 16.6. The molecule has 3 fully saturated rings. The number of aromatic nitrogens is 3. The number of fused-ring (bicyclic) bond motifs is 3. The predicted molar refractivity (Wildman–Crippen MR) is 193 cm³/mol. The molecule has 4 N–H and O–H groups in total. The fourth-order valence-electron chi connectivity index (χ4n) is 7.34. The Morgan fingerprint density at radius 3 is 2.26 bits per heavy atom. The summed E-state index contributed by atoms with van der Waals surface area (Å²) in [4.78, 5) is 36.0. The van der Waals surface area contributed by atoms with Gasteiger partial charge in [0, 0.05) is 50.0 Å². The normalized spacial score (nSPS) is 20.5. The average molecular weight is 833 g/mol. The van der Waals surface area contributed by atoms with Gasteiger partial charge in [-0.3, -0.25) is 9.88 Å². The highest BCUT2D eigenvalue weighted by molar-refractivity contribution is 5.99. The van der Waals surface area contributed by atoms with Gasteiger partial charge in [0.2, 0.25) is 0 Å². The van der Waals surface area contributed by atoms with E-state index in [4.69, 9.17) is 34.3 Å². The van der Waals surface area contributed by atoms with Crippen molar-refractivity contribution in [1.82, 2.24) is 24.8 Å². The van der Waals surface area contributed by atoms with Crippen molar-refractivity contribution in [1.29, 1.82) is 0 Å². The summed E-state index contributed by atoms with van der Waals surface area (Å²) in [5, 5.41) is 30.1. The van der Waals surface area contributed by atoms with Gasteiger partial charge in [-0.1, -0.05) is 24.3 Å². The predicted octanol–water partition coefficient (Wildman–Crippen LogP) is 6.43. The van der Waals surface area contributed by atoms with Crippen LogP contribution in [0.3, 0.4) is 0 Å². The molecule has 0 saturated carbocycles. The number of rotatable bonds is 8. The van der Waals surface area contributed by atoms with Crippen LogP contribution in [-0.2, 0) is 14.3 Å². The Morgan fingerprint density at radius 1 is 1.00 bits per heavy atom. The molecule has 4 aromatic rings. The first-order valence-electron chi connectivity index (χ1n) is 17.9. The number of phenols is 1. The lowest BCUT2D eigenvalue weighted by Gasteiger charge is -2.43. The maximum atomic E-state index is 16.6. The first-order valence-corrected chi connectivity index (χ1v) is 17.9. The van der Waals surface area contributed by atoms with Crippen LogP contribution in [0.5, 0.6) is 11.8 Å². The zero-order valence-corrected chi connectivity index (χ0v) is 31.1. The molecule has 5 heterocycles. The molecule has 0 amide bonds. The zero-order valence-electron chi connectivity index (χ0n) is 31.1. The lowest BCUT2D eigenvalue weighted by molar-refractivity contribution is -0.193.